The van der Waals surface area contributed by atoms with Crippen LogP contribution in [0, 0.1) is 11.3 Å². The van der Waals surface area contributed by atoms with E-state index >= 15 is 0 Å². The van der Waals surface area contributed by atoms with Gasteiger partial charge < -0.3 is 10.0 Å². The van der Waals surface area contributed by atoms with Crippen molar-refractivity contribution >= 4 is 34.8 Å². The number of carbonyl (C=O) groups is 1. The number of thiazole rings is 1. The Hall–Kier alpha value is -2.04. The number of nitriles is 1. The third-order valence-electron chi connectivity index (χ3n) is 4.92. The molecule has 1 aromatic heterocycles. The van der Waals surface area contributed by atoms with Crippen molar-refractivity contribution in [3.8, 4) is 6.07 Å². The van der Waals surface area contributed by atoms with Crippen molar-refractivity contribution in [2.45, 2.75) is 68.4 Å². The third-order valence-corrected chi connectivity index (χ3v) is 7.10. The van der Waals surface area contributed by atoms with E-state index in [0.717, 1.165) is 41.7 Å². The summed E-state index contributed by atoms with van der Waals surface area (Å²) in [6, 6.07) is 10.1. The number of anilines is 1. The van der Waals surface area contributed by atoms with Crippen molar-refractivity contribution in [2.24, 2.45) is 0 Å². The zero-order chi connectivity index (χ0) is 22.0. The van der Waals surface area contributed by atoms with Crippen molar-refractivity contribution in [1.82, 2.24) is 4.98 Å². The molecule has 0 radical (unpaired) electrons. The lowest BCUT2D eigenvalue weighted by Crippen LogP contribution is -2.28. The molecule has 7 heteroatoms. The van der Waals surface area contributed by atoms with Crippen LogP contribution in [0.5, 0.6) is 0 Å². The number of hydrogen-bond donors (Lipinski definition) is 1. The van der Waals surface area contributed by atoms with Crippen LogP contribution >= 0.6 is 23.1 Å². The molecule has 1 heterocycles. The zero-order valence-corrected chi connectivity index (χ0v) is 19.7. The quantitative estimate of drug-likeness (QED) is 0.301. The predicted molar refractivity (Wildman–Crippen MR) is 126 cm³/mol. The highest BCUT2D eigenvalue weighted by Gasteiger charge is 2.29. The molecule has 0 amide bonds. The number of thioether (sulfide) groups is 1. The summed E-state index contributed by atoms with van der Waals surface area (Å²) in [4.78, 5) is 18.3. The summed E-state index contributed by atoms with van der Waals surface area (Å²) >= 11 is 2.78. The standard InChI is InChI=1S/C23H31N3O2S2/c1-4-5-6-7-10-14-26(20-12-9-8-11-18(20)16-24)15-13-19-17-29-22(25-19)30-23(2,3)21(27)28/h8-9,11-12,17H,4-7,10,13-15H2,1-3H3,(H,27,28). The molecule has 0 spiro atoms. The summed E-state index contributed by atoms with van der Waals surface area (Å²) in [6.45, 7) is 7.30. The Labute approximate surface area is 188 Å². The van der Waals surface area contributed by atoms with Crippen LogP contribution in [-0.2, 0) is 11.2 Å². The van der Waals surface area contributed by atoms with Gasteiger partial charge in [0.15, 0.2) is 4.34 Å². The van der Waals surface area contributed by atoms with Gasteiger partial charge in [-0.05, 0) is 32.4 Å². The van der Waals surface area contributed by atoms with E-state index in [1.165, 1.54) is 48.8 Å². The van der Waals surface area contributed by atoms with Crippen LogP contribution in [0.25, 0.3) is 0 Å². The van der Waals surface area contributed by atoms with E-state index in [1.54, 1.807) is 13.8 Å². The van der Waals surface area contributed by atoms with Gasteiger partial charge >= 0.3 is 5.97 Å². The molecule has 0 atom stereocenters. The van der Waals surface area contributed by atoms with Gasteiger partial charge in [0, 0.05) is 24.9 Å². The summed E-state index contributed by atoms with van der Waals surface area (Å²) in [5.41, 5.74) is 2.64. The number of nitrogens with zero attached hydrogens (tertiary/aromatic N) is 3. The van der Waals surface area contributed by atoms with Crippen LogP contribution in [-0.4, -0.2) is 33.9 Å². The SMILES string of the molecule is CCCCCCCN(CCc1csc(SC(C)(C)C(=O)O)n1)c1ccccc1C#N. The molecule has 0 saturated heterocycles. The molecule has 0 aliphatic rings. The van der Waals surface area contributed by atoms with E-state index in [2.05, 4.69) is 22.9 Å². The Morgan fingerprint density at radius 2 is 1.97 bits per heavy atom. The Balaban J connectivity index is 2.04. The van der Waals surface area contributed by atoms with E-state index in [1.807, 2.05) is 29.6 Å². The normalized spacial score (nSPS) is 11.3. The molecule has 5 nitrogen and oxygen atoms in total. The maximum atomic E-state index is 11.4. The first-order chi connectivity index (χ1) is 14.4. The fraction of sp³-hybridized carbons (Fsp3) is 0.522. The minimum absolute atomic E-state index is 0.698. The largest absolute Gasteiger partial charge is 0.480 e. The number of aromatic nitrogens is 1. The van der Waals surface area contributed by atoms with Crippen molar-refractivity contribution in [3.63, 3.8) is 0 Å². The second-order valence-electron chi connectivity index (χ2n) is 7.80. The molecule has 0 saturated carbocycles. The van der Waals surface area contributed by atoms with Gasteiger partial charge in [-0.25, -0.2) is 4.98 Å². The summed E-state index contributed by atoms with van der Waals surface area (Å²) in [6.07, 6.45) is 6.80. The van der Waals surface area contributed by atoms with Gasteiger partial charge in [-0.1, -0.05) is 56.5 Å². The van der Waals surface area contributed by atoms with Crippen LogP contribution in [0.3, 0.4) is 0 Å². The molecule has 0 aliphatic carbocycles. The minimum Gasteiger partial charge on any atom is -0.480 e. The summed E-state index contributed by atoms with van der Waals surface area (Å²) in [7, 11) is 0. The fourth-order valence-corrected chi connectivity index (χ4v) is 5.29. The summed E-state index contributed by atoms with van der Waals surface area (Å²) in [5, 5.41) is 20.8. The van der Waals surface area contributed by atoms with E-state index in [-0.39, 0.29) is 0 Å². The second-order valence-corrected chi connectivity index (χ2v) is 10.5. The minimum atomic E-state index is -0.897. The number of aliphatic carboxylic acids is 1. The lowest BCUT2D eigenvalue weighted by molar-refractivity contribution is -0.138. The molecular weight excluding hydrogens is 414 g/mol. The monoisotopic (exact) mass is 445 g/mol. The summed E-state index contributed by atoms with van der Waals surface area (Å²) in [5.74, 6) is -0.841. The first-order valence-electron chi connectivity index (χ1n) is 10.5. The van der Waals surface area contributed by atoms with E-state index in [9.17, 15) is 15.2 Å². The molecule has 0 bridgehead atoms. The van der Waals surface area contributed by atoms with Crippen LogP contribution in [0.1, 0.15) is 64.1 Å². The van der Waals surface area contributed by atoms with Crippen molar-refractivity contribution in [2.75, 3.05) is 18.0 Å². The number of benzene rings is 1. The van der Waals surface area contributed by atoms with Crippen molar-refractivity contribution in [3.05, 3.63) is 40.9 Å². The number of carboxylic acids is 1. The van der Waals surface area contributed by atoms with Crippen molar-refractivity contribution in [1.29, 1.82) is 5.26 Å². The van der Waals surface area contributed by atoms with E-state index in [0.29, 0.717) is 5.56 Å². The van der Waals surface area contributed by atoms with Crippen LogP contribution < -0.4 is 4.90 Å². The Morgan fingerprint density at radius 1 is 1.23 bits per heavy atom. The lowest BCUT2D eigenvalue weighted by atomic mass is 10.1. The average Bonchev–Trinajstić information content (AvgIpc) is 3.16. The molecule has 1 N–H and O–H groups in total. The lowest BCUT2D eigenvalue weighted by Gasteiger charge is -2.25. The van der Waals surface area contributed by atoms with Crippen LogP contribution in [0.4, 0.5) is 5.69 Å². The Kier molecular flexibility index (Phi) is 9.67. The topological polar surface area (TPSA) is 77.2 Å². The molecule has 30 heavy (non-hydrogen) atoms. The first kappa shape index (κ1) is 24.2. The van der Waals surface area contributed by atoms with Gasteiger partial charge in [0.05, 0.1) is 16.9 Å². The van der Waals surface area contributed by atoms with E-state index < -0.39 is 10.7 Å². The predicted octanol–water partition coefficient (Wildman–Crippen LogP) is 5.99. The van der Waals surface area contributed by atoms with Crippen molar-refractivity contribution < 1.29 is 9.90 Å². The average molecular weight is 446 g/mol. The number of rotatable bonds is 13. The first-order valence-corrected chi connectivity index (χ1v) is 12.2. The Bertz CT molecular complexity index is 858. The molecule has 0 aliphatic heterocycles. The van der Waals surface area contributed by atoms with Crippen LogP contribution in [0.2, 0.25) is 0 Å². The molecule has 2 aromatic rings. The maximum Gasteiger partial charge on any atom is 0.319 e. The number of para-hydroxylation sites is 1. The molecule has 0 unspecified atom stereocenters. The highest BCUT2D eigenvalue weighted by Crippen LogP contribution is 2.34. The molecule has 1 aromatic carbocycles. The van der Waals surface area contributed by atoms with Gasteiger partial charge in [0.25, 0.3) is 0 Å². The van der Waals surface area contributed by atoms with Gasteiger partial charge in [0.2, 0.25) is 0 Å². The van der Waals surface area contributed by atoms with Gasteiger partial charge in [0.1, 0.15) is 10.8 Å². The fourth-order valence-electron chi connectivity index (χ4n) is 3.06. The molecule has 162 valence electrons. The second kappa shape index (κ2) is 12.0. The van der Waals surface area contributed by atoms with Gasteiger partial charge in [-0.3, -0.25) is 4.79 Å². The molecule has 2 rings (SSSR count). The number of carboxylic acid groups (broad SMARTS) is 1. The Morgan fingerprint density at radius 3 is 2.67 bits per heavy atom. The third kappa shape index (κ3) is 7.33. The highest BCUT2D eigenvalue weighted by atomic mass is 32.2. The molecular formula is C23H31N3O2S2. The summed E-state index contributed by atoms with van der Waals surface area (Å²) < 4.78 is -0.119. The number of unbranched alkanes of at least 4 members (excludes halogenated alkanes) is 4. The highest BCUT2D eigenvalue weighted by molar-refractivity contribution is 8.02. The van der Waals surface area contributed by atoms with Gasteiger partial charge in [-0.15, -0.1) is 11.3 Å². The maximum absolute atomic E-state index is 11.4. The van der Waals surface area contributed by atoms with E-state index in [4.69, 9.17) is 0 Å². The smallest absolute Gasteiger partial charge is 0.319 e. The number of hydrogen-bond acceptors (Lipinski definition) is 6. The van der Waals surface area contributed by atoms with Crippen LogP contribution in [0.15, 0.2) is 34.0 Å². The molecule has 0 fully saturated rings. The zero-order valence-electron chi connectivity index (χ0n) is 18.1. The van der Waals surface area contributed by atoms with Gasteiger partial charge in [-0.2, -0.15) is 5.26 Å².